The Kier molecular flexibility index (Phi) is 4.29. The van der Waals surface area contributed by atoms with Crippen molar-refractivity contribution in [2.75, 3.05) is 11.9 Å². The highest BCUT2D eigenvalue weighted by Gasteiger charge is 2.14. The quantitative estimate of drug-likeness (QED) is 0.779. The van der Waals surface area contributed by atoms with Crippen LogP contribution in [0.5, 0.6) is 5.75 Å². The Bertz CT molecular complexity index is 915. The number of fused-ring (bicyclic) bond motifs is 1. The fraction of sp³-hybridized carbons (Fsp3) is 0.235. The number of ether oxygens (including phenoxy) is 1. The van der Waals surface area contributed by atoms with Crippen LogP contribution in [0.25, 0.3) is 5.65 Å². The topological polar surface area (TPSA) is 75.2 Å². The molecule has 0 aliphatic carbocycles. The molecular weight excluding hydrogens is 309 g/mol. The highest BCUT2D eigenvalue weighted by molar-refractivity contribution is 5.57. The van der Waals surface area contributed by atoms with Gasteiger partial charge in [-0.15, -0.1) is 0 Å². The molecule has 2 aromatic heterocycles. The van der Waals surface area contributed by atoms with E-state index in [9.17, 15) is 4.39 Å². The second-order valence-electron chi connectivity index (χ2n) is 5.23. The predicted molar refractivity (Wildman–Crippen MR) is 87.3 cm³/mol. The van der Waals surface area contributed by atoms with Crippen LogP contribution in [0.4, 0.5) is 10.2 Å². The summed E-state index contributed by atoms with van der Waals surface area (Å²) in [6.45, 7) is 4.27. The van der Waals surface area contributed by atoms with Crippen molar-refractivity contribution in [3.63, 3.8) is 0 Å². The van der Waals surface area contributed by atoms with Crippen LogP contribution in [-0.4, -0.2) is 21.2 Å². The van der Waals surface area contributed by atoms with Crippen LogP contribution in [0, 0.1) is 17.1 Å². The van der Waals surface area contributed by atoms with Crippen LogP contribution in [0.1, 0.15) is 31.0 Å². The first-order chi connectivity index (χ1) is 11.6. The lowest BCUT2D eigenvalue weighted by molar-refractivity contribution is 0.334. The van der Waals surface area contributed by atoms with Gasteiger partial charge in [0.25, 0.3) is 0 Å². The molecule has 1 aromatic carbocycles. The minimum atomic E-state index is -0.326. The van der Waals surface area contributed by atoms with Gasteiger partial charge in [-0.2, -0.15) is 10.4 Å². The minimum Gasteiger partial charge on any atom is -0.494 e. The van der Waals surface area contributed by atoms with Crippen LogP contribution < -0.4 is 10.1 Å². The third-order valence-corrected chi connectivity index (χ3v) is 3.59. The number of aromatic nitrogens is 3. The molecule has 0 aliphatic rings. The minimum absolute atomic E-state index is 0.231. The maximum absolute atomic E-state index is 13.6. The molecule has 0 radical (unpaired) electrons. The number of rotatable bonds is 5. The van der Waals surface area contributed by atoms with Crippen molar-refractivity contribution in [3.05, 3.63) is 53.6 Å². The molecular formula is C17H16FN5O. The molecule has 0 aliphatic heterocycles. The highest BCUT2D eigenvalue weighted by atomic mass is 19.1. The fourth-order valence-corrected chi connectivity index (χ4v) is 2.47. The normalized spacial score (nSPS) is 11.9. The Labute approximate surface area is 138 Å². The van der Waals surface area contributed by atoms with E-state index in [4.69, 9.17) is 10.00 Å². The first-order valence-electron chi connectivity index (χ1n) is 7.55. The van der Waals surface area contributed by atoms with Gasteiger partial charge in [0.15, 0.2) is 5.65 Å². The summed E-state index contributed by atoms with van der Waals surface area (Å²) in [7, 11) is 0. The number of halogens is 1. The van der Waals surface area contributed by atoms with E-state index in [1.807, 2.05) is 13.8 Å². The van der Waals surface area contributed by atoms with Gasteiger partial charge in [0.05, 0.1) is 18.8 Å². The summed E-state index contributed by atoms with van der Waals surface area (Å²) in [5, 5.41) is 16.3. The van der Waals surface area contributed by atoms with E-state index in [0.29, 0.717) is 34.9 Å². The largest absolute Gasteiger partial charge is 0.494 e. The highest BCUT2D eigenvalue weighted by Crippen LogP contribution is 2.28. The fourth-order valence-electron chi connectivity index (χ4n) is 2.47. The Morgan fingerprint density at radius 1 is 1.42 bits per heavy atom. The number of nitrogens with one attached hydrogen (secondary N) is 1. The number of nitriles is 1. The zero-order chi connectivity index (χ0) is 17.1. The number of nitrogens with zero attached hydrogens (tertiary/aromatic N) is 4. The molecule has 24 heavy (non-hydrogen) atoms. The summed E-state index contributed by atoms with van der Waals surface area (Å²) in [6, 6.07) is 8.00. The first-order valence-corrected chi connectivity index (χ1v) is 7.55. The van der Waals surface area contributed by atoms with E-state index in [-0.39, 0.29) is 11.9 Å². The monoisotopic (exact) mass is 325 g/mol. The zero-order valence-electron chi connectivity index (χ0n) is 13.3. The van der Waals surface area contributed by atoms with Gasteiger partial charge >= 0.3 is 0 Å². The third-order valence-electron chi connectivity index (χ3n) is 3.59. The van der Waals surface area contributed by atoms with Gasteiger partial charge in [-0.05, 0) is 38.1 Å². The molecule has 0 saturated carbocycles. The number of hydrogen-bond donors (Lipinski definition) is 1. The van der Waals surface area contributed by atoms with Crippen molar-refractivity contribution in [1.29, 1.82) is 5.26 Å². The average molecular weight is 325 g/mol. The van der Waals surface area contributed by atoms with Crippen LogP contribution in [0.15, 0.2) is 36.7 Å². The second kappa shape index (κ2) is 6.54. The lowest BCUT2D eigenvalue weighted by atomic mass is 10.1. The smallest absolute Gasteiger partial charge is 0.175 e. The standard InChI is InChI=1S/C17H16FN5O/c1-3-24-15-5-4-13(18)8-14(15)11(2)21-16-6-7-23-17(22-16)12(9-19)10-20-23/h4-8,10-11H,3H2,1-2H3,(H,21,22)/t11-/m1/s1. The molecule has 0 bridgehead atoms. The van der Waals surface area contributed by atoms with Crippen molar-refractivity contribution in [1.82, 2.24) is 14.6 Å². The summed E-state index contributed by atoms with van der Waals surface area (Å²) in [5.74, 6) is 0.869. The number of hydrogen-bond acceptors (Lipinski definition) is 5. The lowest BCUT2D eigenvalue weighted by Crippen LogP contribution is -2.11. The van der Waals surface area contributed by atoms with Crippen molar-refractivity contribution in [2.45, 2.75) is 19.9 Å². The summed E-state index contributed by atoms with van der Waals surface area (Å²) in [4.78, 5) is 4.40. The van der Waals surface area contributed by atoms with Crippen molar-refractivity contribution < 1.29 is 9.13 Å². The molecule has 0 fully saturated rings. The van der Waals surface area contributed by atoms with Gasteiger partial charge in [-0.3, -0.25) is 0 Å². The summed E-state index contributed by atoms with van der Waals surface area (Å²) < 4.78 is 20.7. The van der Waals surface area contributed by atoms with Gasteiger partial charge in [0.1, 0.15) is 29.0 Å². The Hall–Kier alpha value is -3.14. The molecule has 0 unspecified atom stereocenters. The van der Waals surface area contributed by atoms with Gasteiger partial charge in [-0.1, -0.05) is 0 Å². The molecule has 3 rings (SSSR count). The molecule has 0 amide bonds. The van der Waals surface area contributed by atoms with Crippen LogP contribution in [-0.2, 0) is 0 Å². The molecule has 3 aromatic rings. The zero-order valence-corrected chi connectivity index (χ0v) is 13.3. The summed E-state index contributed by atoms with van der Waals surface area (Å²) in [5.41, 5.74) is 1.57. The molecule has 0 saturated heterocycles. The SMILES string of the molecule is CCOc1ccc(F)cc1[C@@H](C)Nc1ccn2ncc(C#N)c2n1. The molecule has 2 heterocycles. The van der Waals surface area contributed by atoms with E-state index < -0.39 is 0 Å². The van der Waals surface area contributed by atoms with Crippen molar-refractivity contribution in [2.24, 2.45) is 0 Å². The Balaban J connectivity index is 1.91. The van der Waals surface area contributed by atoms with E-state index >= 15 is 0 Å². The van der Waals surface area contributed by atoms with Crippen molar-refractivity contribution >= 4 is 11.5 Å². The Morgan fingerprint density at radius 2 is 2.25 bits per heavy atom. The Morgan fingerprint density at radius 3 is 3.00 bits per heavy atom. The maximum atomic E-state index is 13.6. The van der Waals surface area contributed by atoms with Crippen LogP contribution in [0.3, 0.4) is 0 Å². The molecule has 1 N–H and O–H groups in total. The average Bonchev–Trinajstić information content (AvgIpc) is 2.99. The molecule has 1 atom stereocenters. The lowest BCUT2D eigenvalue weighted by Gasteiger charge is -2.18. The predicted octanol–water partition coefficient (Wildman–Crippen LogP) is 3.31. The first kappa shape index (κ1) is 15.7. The molecule has 7 heteroatoms. The third kappa shape index (κ3) is 2.99. The molecule has 0 spiro atoms. The van der Waals surface area contributed by atoms with E-state index in [0.717, 1.165) is 0 Å². The summed E-state index contributed by atoms with van der Waals surface area (Å²) >= 11 is 0. The van der Waals surface area contributed by atoms with Crippen molar-refractivity contribution in [3.8, 4) is 11.8 Å². The van der Waals surface area contributed by atoms with Gasteiger partial charge in [-0.25, -0.2) is 13.9 Å². The maximum Gasteiger partial charge on any atom is 0.175 e. The van der Waals surface area contributed by atoms with E-state index in [1.54, 1.807) is 18.3 Å². The van der Waals surface area contributed by atoms with Crippen LogP contribution >= 0.6 is 0 Å². The molecule has 6 nitrogen and oxygen atoms in total. The van der Waals surface area contributed by atoms with Crippen LogP contribution in [0.2, 0.25) is 0 Å². The van der Waals surface area contributed by atoms with E-state index in [2.05, 4.69) is 21.5 Å². The summed E-state index contributed by atoms with van der Waals surface area (Å²) in [6.07, 6.45) is 3.18. The number of anilines is 1. The number of benzene rings is 1. The van der Waals surface area contributed by atoms with E-state index in [1.165, 1.54) is 22.8 Å². The molecule has 122 valence electrons. The van der Waals surface area contributed by atoms with Gasteiger partial charge < -0.3 is 10.1 Å². The van der Waals surface area contributed by atoms with Gasteiger partial charge in [0, 0.05) is 11.8 Å². The van der Waals surface area contributed by atoms with Gasteiger partial charge in [0.2, 0.25) is 0 Å². The second-order valence-corrected chi connectivity index (χ2v) is 5.23.